The monoisotopic (exact) mass is 283 g/mol. The Morgan fingerprint density at radius 1 is 1.61 bits per heavy atom. The molecule has 2 heterocycles. The Morgan fingerprint density at radius 2 is 2.44 bits per heavy atom. The molecule has 0 saturated heterocycles. The van der Waals surface area contributed by atoms with Crippen LogP contribution in [0.2, 0.25) is 5.02 Å². The molecule has 0 saturated carbocycles. The lowest BCUT2D eigenvalue weighted by Crippen LogP contribution is -2.05. The van der Waals surface area contributed by atoms with Crippen LogP contribution in [0.25, 0.3) is 0 Å². The van der Waals surface area contributed by atoms with Gasteiger partial charge in [-0.2, -0.15) is 0 Å². The molecule has 0 aromatic carbocycles. The number of carbonyl (C=O) groups excluding carboxylic acids is 1. The van der Waals surface area contributed by atoms with Crippen molar-refractivity contribution in [2.45, 2.75) is 6.92 Å². The maximum Gasteiger partial charge on any atom is 0.357 e. The number of anilines is 2. The molecule has 0 aliphatic heterocycles. The van der Waals surface area contributed by atoms with Crippen LogP contribution in [-0.2, 0) is 4.74 Å². The van der Waals surface area contributed by atoms with E-state index in [4.69, 9.17) is 16.3 Å². The van der Waals surface area contributed by atoms with E-state index < -0.39 is 5.97 Å². The van der Waals surface area contributed by atoms with Gasteiger partial charge in [-0.25, -0.2) is 14.8 Å². The molecule has 0 fully saturated rings. The smallest absolute Gasteiger partial charge is 0.357 e. The lowest BCUT2D eigenvalue weighted by atomic mass is 10.4. The summed E-state index contributed by atoms with van der Waals surface area (Å²) in [6.45, 7) is 2.07. The molecular formula is C11H10ClN3O2S. The highest BCUT2D eigenvalue weighted by Gasteiger charge is 2.12. The number of thiazole rings is 1. The molecule has 0 unspecified atom stereocenters. The first-order valence-electron chi connectivity index (χ1n) is 5.21. The molecule has 2 aromatic rings. The molecule has 5 nitrogen and oxygen atoms in total. The van der Waals surface area contributed by atoms with Crippen LogP contribution >= 0.6 is 22.9 Å². The number of aromatic nitrogens is 2. The summed E-state index contributed by atoms with van der Waals surface area (Å²) in [5.41, 5.74) is 0.274. The van der Waals surface area contributed by atoms with Gasteiger partial charge < -0.3 is 10.1 Å². The van der Waals surface area contributed by atoms with Crippen LogP contribution in [0.3, 0.4) is 0 Å². The molecule has 0 atom stereocenters. The molecule has 0 spiro atoms. The molecule has 2 aromatic heterocycles. The van der Waals surface area contributed by atoms with Crippen molar-refractivity contribution in [3.05, 3.63) is 34.4 Å². The van der Waals surface area contributed by atoms with E-state index in [-0.39, 0.29) is 5.69 Å². The second-order valence-electron chi connectivity index (χ2n) is 3.22. The molecule has 2 rings (SSSR count). The Kier molecular flexibility index (Phi) is 4.11. The van der Waals surface area contributed by atoms with E-state index in [0.29, 0.717) is 22.6 Å². The van der Waals surface area contributed by atoms with E-state index in [1.54, 1.807) is 30.6 Å². The number of hydrogen-bond acceptors (Lipinski definition) is 6. The van der Waals surface area contributed by atoms with Gasteiger partial charge in [-0.3, -0.25) is 0 Å². The number of esters is 1. The second kappa shape index (κ2) is 5.79. The van der Waals surface area contributed by atoms with E-state index in [0.717, 1.165) is 0 Å². The second-order valence-corrected chi connectivity index (χ2v) is 4.48. The van der Waals surface area contributed by atoms with Crippen molar-refractivity contribution >= 4 is 39.9 Å². The van der Waals surface area contributed by atoms with Gasteiger partial charge in [0.15, 0.2) is 16.6 Å². The summed E-state index contributed by atoms with van der Waals surface area (Å²) < 4.78 is 4.85. The van der Waals surface area contributed by atoms with E-state index >= 15 is 0 Å². The first kappa shape index (κ1) is 12.8. The van der Waals surface area contributed by atoms with Crippen LogP contribution in [0, 0.1) is 0 Å². The van der Waals surface area contributed by atoms with E-state index in [9.17, 15) is 4.79 Å². The summed E-state index contributed by atoms with van der Waals surface area (Å²) in [6.07, 6.45) is 1.62. The van der Waals surface area contributed by atoms with Crippen molar-refractivity contribution in [3.63, 3.8) is 0 Å². The summed E-state index contributed by atoms with van der Waals surface area (Å²) in [5.74, 6) is 0.0674. The SMILES string of the molecule is CCOC(=O)c1csc(Nc2ncccc2Cl)n1. The van der Waals surface area contributed by atoms with Crippen LogP contribution in [0.5, 0.6) is 0 Å². The van der Waals surface area contributed by atoms with Gasteiger partial charge in [0, 0.05) is 11.6 Å². The predicted octanol–water partition coefficient (Wildman–Crippen LogP) is 3.11. The molecule has 0 aliphatic rings. The van der Waals surface area contributed by atoms with Crippen molar-refractivity contribution in [2.24, 2.45) is 0 Å². The molecule has 0 amide bonds. The topological polar surface area (TPSA) is 64.1 Å². The largest absolute Gasteiger partial charge is 0.461 e. The Hall–Kier alpha value is -1.66. The van der Waals surface area contributed by atoms with Crippen molar-refractivity contribution in [2.75, 3.05) is 11.9 Å². The van der Waals surface area contributed by atoms with E-state index in [2.05, 4.69) is 15.3 Å². The van der Waals surface area contributed by atoms with Gasteiger partial charge in [0.05, 0.1) is 11.6 Å². The van der Waals surface area contributed by atoms with Crippen LogP contribution < -0.4 is 5.32 Å². The number of nitrogens with zero attached hydrogens (tertiary/aromatic N) is 2. The van der Waals surface area contributed by atoms with Crippen molar-refractivity contribution in [3.8, 4) is 0 Å². The summed E-state index contributed by atoms with van der Waals surface area (Å²) in [5, 5.41) is 5.60. The first-order valence-corrected chi connectivity index (χ1v) is 6.46. The summed E-state index contributed by atoms with van der Waals surface area (Å²) in [4.78, 5) is 19.6. The minimum Gasteiger partial charge on any atom is -0.461 e. The lowest BCUT2D eigenvalue weighted by molar-refractivity contribution is 0.0520. The minimum absolute atomic E-state index is 0.274. The van der Waals surface area contributed by atoms with Gasteiger partial charge in [-0.1, -0.05) is 11.6 Å². The van der Waals surface area contributed by atoms with Gasteiger partial charge in [0.1, 0.15) is 0 Å². The zero-order chi connectivity index (χ0) is 13.0. The fourth-order valence-electron chi connectivity index (χ4n) is 1.21. The van der Waals surface area contributed by atoms with Gasteiger partial charge in [0.2, 0.25) is 0 Å². The third-order valence-electron chi connectivity index (χ3n) is 1.97. The fraction of sp³-hybridized carbons (Fsp3) is 0.182. The number of rotatable bonds is 4. The molecule has 0 aliphatic carbocycles. The quantitative estimate of drug-likeness (QED) is 0.874. The molecule has 1 N–H and O–H groups in total. The Morgan fingerprint density at radius 3 is 3.17 bits per heavy atom. The maximum absolute atomic E-state index is 11.4. The maximum atomic E-state index is 11.4. The molecule has 18 heavy (non-hydrogen) atoms. The molecule has 94 valence electrons. The van der Waals surface area contributed by atoms with Crippen molar-refractivity contribution in [1.82, 2.24) is 9.97 Å². The number of halogens is 1. The van der Waals surface area contributed by atoms with Gasteiger partial charge in [-0.05, 0) is 19.1 Å². The average Bonchev–Trinajstić information content (AvgIpc) is 2.81. The number of ether oxygens (including phenoxy) is 1. The van der Waals surface area contributed by atoms with E-state index in [1.165, 1.54) is 11.3 Å². The minimum atomic E-state index is -0.436. The molecule has 0 bridgehead atoms. The zero-order valence-corrected chi connectivity index (χ0v) is 11.1. The third-order valence-corrected chi connectivity index (χ3v) is 3.04. The van der Waals surface area contributed by atoms with Gasteiger partial charge in [-0.15, -0.1) is 11.3 Å². The summed E-state index contributed by atoms with van der Waals surface area (Å²) in [7, 11) is 0. The number of nitrogens with one attached hydrogen (secondary N) is 1. The summed E-state index contributed by atoms with van der Waals surface area (Å²) >= 11 is 7.24. The Bertz CT molecular complexity index is 559. The lowest BCUT2D eigenvalue weighted by Gasteiger charge is -2.02. The first-order chi connectivity index (χ1) is 8.70. The fourth-order valence-corrected chi connectivity index (χ4v) is 2.06. The highest BCUT2D eigenvalue weighted by Crippen LogP contribution is 2.24. The van der Waals surface area contributed by atoms with Gasteiger partial charge in [0.25, 0.3) is 0 Å². The van der Waals surface area contributed by atoms with Crippen LogP contribution in [0.4, 0.5) is 10.9 Å². The van der Waals surface area contributed by atoms with Crippen LogP contribution in [-0.4, -0.2) is 22.5 Å². The normalized spacial score (nSPS) is 10.1. The van der Waals surface area contributed by atoms with Gasteiger partial charge >= 0.3 is 5.97 Å². The van der Waals surface area contributed by atoms with Crippen LogP contribution in [0.1, 0.15) is 17.4 Å². The summed E-state index contributed by atoms with van der Waals surface area (Å²) in [6, 6.07) is 3.45. The number of hydrogen-bond donors (Lipinski definition) is 1. The predicted molar refractivity (Wildman–Crippen MR) is 70.6 cm³/mol. The van der Waals surface area contributed by atoms with Crippen molar-refractivity contribution < 1.29 is 9.53 Å². The molecular weight excluding hydrogens is 274 g/mol. The standard InChI is InChI=1S/C11H10ClN3O2S/c1-2-17-10(16)8-6-18-11(14-8)15-9-7(12)4-3-5-13-9/h3-6H,2H2,1H3,(H,13,14,15). The highest BCUT2D eigenvalue weighted by molar-refractivity contribution is 7.14. The Balaban J connectivity index is 2.12. The Labute approximate surface area is 113 Å². The number of pyridine rings is 1. The number of carbonyl (C=O) groups is 1. The van der Waals surface area contributed by atoms with Crippen molar-refractivity contribution in [1.29, 1.82) is 0 Å². The van der Waals surface area contributed by atoms with E-state index in [1.807, 2.05) is 0 Å². The van der Waals surface area contributed by atoms with Crippen LogP contribution in [0.15, 0.2) is 23.7 Å². The third kappa shape index (κ3) is 2.96. The molecule has 7 heteroatoms. The molecule has 0 radical (unpaired) electrons. The highest BCUT2D eigenvalue weighted by atomic mass is 35.5. The zero-order valence-electron chi connectivity index (χ0n) is 9.51. The average molecular weight is 284 g/mol.